The molecule has 1 atom stereocenters. The quantitative estimate of drug-likeness (QED) is 0.876. The average Bonchev–Trinajstić information content (AvgIpc) is 2.47. The third kappa shape index (κ3) is 2.72. The molecule has 2 rings (SSSR count). The maximum atomic E-state index is 10.0. The van der Waals surface area contributed by atoms with Crippen molar-refractivity contribution in [3.63, 3.8) is 0 Å². The molecular weight excluding hydrogens is 250 g/mol. The predicted molar refractivity (Wildman–Crippen MR) is 82.6 cm³/mol. The summed E-state index contributed by atoms with van der Waals surface area (Å²) >= 11 is 0. The Morgan fingerprint density at radius 2 is 1.80 bits per heavy atom. The van der Waals surface area contributed by atoms with Gasteiger partial charge in [0.2, 0.25) is 0 Å². The minimum absolute atomic E-state index is 0.0898. The molecule has 1 unspecified atom stereocenters. The van der Waals surface area contributed by atoms with Crippen molar-refractivity contribution in [2.45, 2.75) is 26.8 Å². The number of hydrogen-bond donors (Lipinski definition) is 2. The first kappa shape index (κ1) is 14.3. The highest BCUT2D eigenvalue weighted by Crippen LogP contribution is 2.32. The van der Waals surface area contributed by atoms with Crippen molar-refractivity contribution in [1.82, 2.24) is 0 Å². The van der Waals surface area contributed by atoms with Crippen molar-refractivity contribution in [3.05, 3.63) is 53.1 Å². The molecule has 2 aromatic rings. The van der Waals surface area contributed by atoms with Gasteiger partial charge in [0.15, 0.2) is 0 Å². The van der Waals surface area contributed by atoms with Crippen LogP contribution in [0.15, 0.2) is 36.4 Å². The summed E-state index contributed by atoms with van der Waals surface area (Å²) in [6.07, 6.45) is 0. The molecule has 0 radical (unpaired) electrons. The van der Waals surface area contributed by atoms with E-state index < -0.39 is 0 Å². The number of aromatic hydroxyl groups is 1. The van der Waals surface area contributed by atoms with Gasteiger partial charge >= 0.3 is 0 Å². The van der Waals surface area contributed by atoms with E-state index in [9.17, 15) is 5.11 Å². The van der Waals surface area contributed by atoms with Crippen LogP contribution in [-0.4, -0.2) is 12.2 Å². The summed E-state index contributed by atoms with van der Waals surface area (Å²) in [5.74, 6) is 1.21. The molecule has 0 fully saturated rings. The highest BCUT2D eigenvalue weighted by molar-refractivity contribution is 5.60. The Morgan fingerprint density at radius 1 is 1.10 bits per heavy atom. The minimum atomic E-state index is 0.0898. The molecule has 3 nitrogen and oxygen atoms in total. The zero-order chi connectivity index (χ0) is 14.7. The standard InChI is InChI=1S/C17H21NO2/c1-11-9-10-15(12(2)17(11)19)18-13(3)14-7-5-6-8-16(14)20-4/h5-10,13,18-19H,1-4H3. The molecule has 106 valence electrons. The zero-order valence-corrected chi connectivity index (χ0v) is 12.4. The molecule has 0 aliphatic carbocycles. The lowest BCUT2D eigenvalue weighted by Gasteiger charge is -2.20. The Morgan fingerprint density at radius 3 is 2.50 bits per heavy atom. The van der Waals surface area contributed by atoms with E-state index in [-0.39, 0.29) is 6.04 Å². The van der Waals surface area contributed by atoms with Gasteiger partial charge < -0.3 is 15.2 Å². The van der Waals surface area contributed by atoms with Crippen LogP contribution < -0.4 is 10.1 Å². The zero-order valence-electron chi connectivity index (χ0n) is 12.4. The van der Waals surface area contributed by atoms with E-state index in [4.69, 9.17) is 4.74 Å². The number of methoxy groups -OCH3 is 1. The van der Waals surface area contributed by atoms with Crippen LogP contribution in [0.2, 0.25) is 0 Å². The van der Waals surface area contributed by atoms with Crippen molar-refractivity contribution in [3.8, 4) is 11.5 Å². The number of rotatable bonds is 4. The molecule has 0 amide bonds. The fourth-order valence-corrected chi connectivity index (χ4v) is 2.33. The number of para-hydroxylation sites is 1. The van der Waals surface area contributed by atoms with E-state index in [1.165, 1.54) is 0 Å². The summed E-state index contributed by atoms with van der Waals surface area (Å²) in [5.41, 5.74) is 3.78. The SMILES string of the molecule is COc1ccccc1C(C)Nc1ccc(C)c(O)c1C. The van der Waals surface area contributed by atoms with Gasteiger partial charge in [-0.25, -0.2) is 0 Å². The van der Waals surface area contributed by atoms with Crippen LogP contribution in [0.1, 0.15) is 29.7 Å². The molecular formula is C17H21NO2. The number of hydrogen-bond acceptors (Lipinski definition) is 3. The third-order valence-electron chi connectivity index (χ3n) is 3.61. The number of nitrogens with one attached hydrogen (secondary N) is 1. The molecule has 0 aliphatic rings. The van der Waals surface area contributed by atoms with Crippen molar-refractivity contribution in [2.75, 3.05) is 12.4 Å². The van der Waals surface area contributed by atoms with Crippen molar-refractivity contribution >= 4 is 5.69 Å². The maximum absolute atomic E-state index is 10.0. The molecule has 2 N–H and O–H groups in total. The molecule has 3 heteroatoms. The number of phenols is 1. The van der Waals surface area contributed by atoms with Crippen LogP contribution in [0.5, 0.6) is 11.5 Å². The molecule has 0 bridgehead atoms. The largest absolute Gasteiger partial charge is 0.507 e. The van der Waals surface area contributed by atoms with Crippen LogP contribution in [-0.2, 0) is 0 Å². The van der Waals surface area contributed by atoms with Crippen LogP contribution >= 0.6 is 0 Å². The molecule has 0 aromatic heterocycles. The number of aryl methyl sites for hydroxylation is 1. The lowest BCUT2D eigenvalue weighted by molar-refractivity contribution is 0.408. The summed E-state index contributed by atoms with van der Waals surface area (Å²) in [4.78, 5) is 0. The molecule has 0 saturated carbocycles. The number of benzene rings is 2. The van der Waals surface area contributed by atoms with Crippen molar-refractivity contribution in [1.29, 1.82) is 0 Å². The monoisotopic (exact) mass is 271 g/mol. The lowest BCUT2D eigenvalue weighted by Crippen LogP contribution is -2.09. The van der Waals surface area contributed by atoms with Gasteiger partial charge in [0.05, 0.1) is 13.2 Å². The summed E-state index contributed by atoms with van der Waals surface area (Å²) in [5, 5.41) is 13.4. The Labute approximate surface area is 120 Å². The highest BCUT2D eigenvalue weighted by Gasteiger charge is 2.13. The van der Waals surface area contributed by atoms with Gasteiger partial charge in [0, 0.05) is 16.8 Å². The molecule has 0 aliphatic heterocycles. The summed E-state index contributed by atoms with van der Waals surface area (Å²) in [7, 11) is 1.68. The van der Waals surface area contributed by atoms with Gasteiger partial charge in [-0.3, -0.25) is 0 Å². The van der Waals surface area contributed by atoms with E-state index >= 15 is 0 Å². The normalized spacial score (nSPS) is 12.0. The van der Waals surface area contributed by atoms with E-state index in [0.29, 0.717) is 5.75 Å². The molecule has 2 aromatic carbocycles. The highest BCUT2D eigenvalue weighted by atomic mass is 16.5. The Kier molecular flexibility index (Phi) is 4.18. The van der Waals surface area contributed by atoms with Gasteiger partial charge in [-0.05, 0) is 38.5 Å². The molecule has 0 heterocycles. The van der Waals surface area contributed by atoms with Crippen LogP contribution in [0.25, 0.3) is 0 Å². The number of phenolic OH excluding ortho intramolecular Hbond substituents is 1. The van der Waals surface area contributed by atoms with E-state index in [1.807, 2.05) is 50.2 Å². The minimum Gasteiger partial charge on any atom is -0.507 e. The third-order valence-corrected chi connectivity index (χ3v) is 3.61. The van der Waals surface area contributed by atoms with E-state index in [0.717, 1.165) is 28.1 Å². The molecule has 20 heavy (non-hydrogen) atoms. The van der Waals surface area contributed by atoms with E-state index in [2.05, 4.69) is 12.2 Å². The van der Waals surface area contributed by atoms with Gasteiger partial charge in [0.1, 0.15) is 11.5 Å². The summed E-state index contributed by atoms with van der Waals surface area (Å²) in [6, 6.07) is 11.9. The van der Waals surface area contributed by atoms with Crippen LogP contribution in [0, 0.1) is 13.8 Å². The van der Waals surface area contributed by atoms with Gasteiger partial charge in [-0.1, -0.05) is 24.3 Å². The van der Waals surface area contributed by atoms with Gasteiger partial charge in [-0.2, -0.15) is 0 Å². The number of ether oxygens (including phenoxy) is 1. The summed E-state index contributed by atoms with van der Waals surface area (Å²) < 4.78 is 5.39. The molecule has 0 spiro atoms. The van der Waals surface area contributed by atoms with Gasteiger partial charge in [0.25, 0.3) is 0 Å². The van der Waals surface area contributed by atoms with Crippen molar-refractivity contribution in [2.24, 2.45) is 0 Å². The second-order valence-corrected chi connectivity index (χ2v) is 5.01. The summed E-state index contributed by atoms with van der Waals surface area (Å²) in [6.45, 7) is 5.89. The fourth-order valence-electron chi connectivity index (χ4n) is 2.33. The smallest absolute Gasteiger partial charge is 0.124 e. The maximum Gasteiger partial charge on any atom is 0.124 e. The van der Waals surface area contributed by atoms with Crippen LogP contribution in [0.3, 0.4) is 0 Å². The topological polar surface area (TPSA) is 41.5 Å². The average molecular weight is 271 g/mol. The predicted octanol–water partition coefficient (Wildman–Crippen LogP) is 4.19. The Hall–Kier alpha value is -2.16. The first-order valence-electron chi connectivity index (χ1n) is 6.73. The second-order valence-electron chi connectivity index (χ2n) is 5.01. The number of anilines is 1. The fraction of sp³-hybridized carbons (Fsp3) is 0.294. The second kappa shape index (κ2) is 5.87. The first-order chi connectivity index (χ1) is 9.54. The Balaban J connectivity index is 2.28. The Bertz CT molecular complexity index is 608. The van der Waals surface area contributed by atoms with Crippen LogP contribution in [0.4, 0.5) is 5.69 Å². The molecule has 0 saturated heterocycles. The lowest BCUT2D eigenvalue weighted by atomic mass is 10.0. The van der Waals surface area contributed by atoms with Crippen molar-refractivity contribution < 1.29 is 9.84 Å². The van der Waals surface area contributed by atoms with Gasteiger partial charge in [-0.15, -0.1) is 0 Å². The van der Waals surface area contributed by atoms with E-state index in [1.54, 1.807) is 7.11 Å². The first-order valence-corrected chi connectivity index (χ1v) is 6.73.